The van der Waals surface area contributed by atoms with Crippen LogP contribution in [-0.2, 0) is 27.9 Å². The highest BCUT2D eigenvalue weighted by Gasteiger charge is 2.47. The molecule has 0 atom stereocenters. The van der Waals surface area contributed by atoms with Crippen LogP contribution in [0.25, 0.3) is 0 Å². The van der Waals surface area contributed by atoms with Crippen molar-refractivity contribution in [1.82, 2.24) is 14.4 Å². The summed E-state index contributed by atoms with van der Waals surface area (Å²) in [5.41, 5.74) is 1.26. The number of carboxylic acid groups (broad SMARTS) is 1. The minimum atomic E-state index is -5.08. The Morgan fingerprint density at radius 3 is 2.31 bits per heavy atom. The third-order valence-electron chi connectivity index (χ3n) is 5.66. The van der Waals surface area contributed by atoms with Gasteiger partial charge in [-0.15, -0.1) is 0 Å². The van der Waals surface area contributed by atoms with Crippen molar-refractivity contribution < 1.29 is 32.6 Å². The molecule has 0 saturated carbocycles. The van der Waals surface area contributed by atoms with Crippen LogP contribution >= 0.6 is 0 Å². The molecule has 0 aromatic carbocycles. The van der Waals surface area contributed by atoms with Gasteiger partial charge in [-0.05, 0) is 44.5 Å². The summed E-state index contributed by atoms with van der Waals surface area (Å²) in [6, 6.07) is 4.27. The normalized spacial score (nSPS) is 19.3. The maximum atomic E-state index is 12.7. The van der Waals surface area contributed by atoms with Gasteiger partial charge in [0.25, 0.3) is 0 Å². The summed E-state index contributed by atoms with van der Waals surface area (Å²) in [4.78, 5) is 26.1. The van der Waals surface area contributed by atoms with Crippen LogP contribution in [-0.4, -0.2) is 77.4 Å². The highest BCUT2D eigenvalue weighted by atomic mass is 19.4. The molecule has 0 unspecified atom stereocenters. The number of rotatable bonds is 5. The highest BCUT2D eigenvalue weighted by Crippen LogP contribution is 2.41. The molecule has 1 aromatic heterocycles. The lowest BCUT2D eigenvalue weighted by Gasteiger charge is -2.38. The van der Waals surface area contributed by atoms with E-state index in [0.717, 1.165) is 52.0 Å². The van der Waals surface area contributed by atoms with Gasteiger partial charge in [-0.2, -0.15) is 13.2 Å². The van der Waals surface area contributed by atoms with E-state index in [2.05, 4.69) is 34.8 Å². The second-order valence-corrected chi connectivity index (χ2v) is 7.50. The van der Waals surface area contributed by atoms with Gasteiger partial charge in [0.2, 0.25) is 5.91 Å². The minimum Gasteiger partial charge on any atom is -0.475 e. The molecule has 2 aliphatic heterocycles. The van der Waals surface area contributed by atoms with Gasteiger partial charge in [0.1, 0.15) is 0 Å². The van der Waals surface area contributed by atoms with E-state index in [1.54, 1.807) is 7.11 Å². The molecule has 7 nitrogen and oxygen atoms in total. The highest BCUT2D eigenvalue weighted by molar-refractivity contribution is 5.85. The molecule has 1 aromatic rings. The molecule has 1 amide bonds. The molecule has 1 spiro atoms. The van der Waals surface area contributed by atoms with Crippen LogP contribution in [0.15, 0.2) is 18.3 Å². The standard InChI is InChI=1S/C17H27N3O2.C2HF3O2/c1-18-8-3-4-15(18)14-19-9-5-17(6-10-19)7-11-20(16(17)21)12-13-22-2;3-2(4,5)1(6)7/h3-4,8H,5-7,9-14H2,1-2H3;(H,6,7). The molecule has 3 heterocycles. The first-order valence-electron chi connectivity index (χ1n) is 9.50. The van der Waals surface area contributed by atoms with Crippen molar-refractivity contribution in [3.63, 3.8) is 0 Å². The Hall–Kier alpha value is -2.07. The van der Waals surface area contributed by atoms with Gasteiger partial charge in [-0.25, -0.2) is 4.79 Å². The van der Waals surface area contributed by atoms with Crippen LogP contribution in [0.4, 0.5) is 13.2 Å². The number of aromatic nitrogens is 1. The average molecular weight is 419 g/mol. The molecular weight excluding hydrogens is 391 g/mol. The van der Waals surface area contributed by atoms with Crippen molar-refractivity contribution in [2.75, 3.05) is 39.9 Å². The molecule has 3 rings (SSSR count). The molecule has 0 aliphatic carbocycles. The fourth-order valence-corrected chi connectivity index (χ4v) is 3.80. The first-order chi connectivity index (χ1) is 13.6. The fourth-order valence-electron chi connectivity index (χ4n) is 3.80. The van der Waals surface area contributed by atoms with Gasteiger partial charge in [0, 0.05) is 45.7 Å². The number of amides is 1. The third-order valence-corrected chi connectivity index (χ3v) is 5.66. The summed E-state index contributed by atoms with van der Waals surface area (Å²) in [6.07, 6.45) is 0.0297. The fraction of sp³-hybridized carbons (Fsp3) is 0.684. The predicted molar refractivity (Wildman–Crippen MR) is 99.1 cm³/mol. The van der Waals surface area contributed by atoms with E-state index in [0.29, 0.717) is 12.5 Å². The van der Waals surface area contributed by atoms with Gasteiger partial charge in [0.15, 0.2) is 0 Å². The number of aryl methyl sites for hydroxylation is 1. The molecular formula is C19H28F3N3O4. The SMILES string of the molecule is COCCN1CCC2(CCN(Cc3cccn3C)CC2)C1=O.O=C(O)C(F)(F)F. The number of carboxylic acids is 1. The van der Waals surface area contributed by atoms with Crippen molar-refractivity contribution in [2.24, 2.45) is 12.5 Å². The number of likely N-dealkylation sites (tertiary alicyclic amines) is 2. The van der Waals surface area contributed by atoms with Crippen molar-refractivity contribution >= 4 is 11.9 Å². The largest absolute Gasteiger partial charge is 0.490 e. The van der Waals surface area contributed by atoms with E-state index >= 15 is 0 Å². The number of alkyl halides is 3. The van der Waals surface area contributed by atoms with E-state index in [-0.39, 0.29) is 5.41 Å². The Morgan fingerprint density at radius 2 is 1.83 bits per heavy atom. The summed E-state index contributed by atoms with van der Waals surface area (Å²) >= 11 is 0. The smallest absolute Gasteiger partial charge is 0.475 e. The number of nitrogens with zero attached hydrogens (tertiary/aromatic N) is 3. The van der Waals surface area contributed by atoms with Crippen molar-refractivity contribution in [3.05, 3.63) is 24.0 Å². The zero-order valence-corrected chi connectivity index (χ0v) is 16.7. The minimum absolute atomic E-state index is 0.0849. The number of hydrogen-bond acceptors (Lipinski definition) is 4. The molecule has 2 fully saturated rings. The molecule has 164 valence electrons. The summed E-state index contributed by atoms with van der Waals surface area (Å²) in [6.45, 7) is 5.32. The topological polar surface area (TPSA) is 75.0 Å². The number of piperidine rings is 1. The lowest BCUT2D eigenvalue weighted by molar-refractivity contribution is -0.192. The Kier molecular flexibility index (Phi) is 7.70. The first-order valence-corrected chi connectivity index (χ1v) is 9.50. The van der Waals surface area contributed by atoms with E-state index in [1.165, 1.54) is 5.69 Å². The molecule has 2 saturated heterocycles. The molecule has 0 bridgehead atoms. The van der Waals surface area contributed by atoms with Gasteiger partial charge < -0.3 is 19.3 Å². The molecule has 29 heavy (non-hydrogen) atoms. The number of methoxy groups -OCH3 is 1. The third kappa shape index (κ3) is 5.96. The van der Waals surface area contributed by atoms with Gasteiger partial charge in [0.05, 0.1) is 12.0 Å². The zero-order valence-electron chi connectivity index (χ0n) is 16.7. The second kappa shape index (κ2) is 9.62. The van der Waals surface area contributed by atoms with Crippen LogP contribution < -0.4 is 0 Å². The lowest BCUT2D eigenvalue weighted by Crippen LogP contribution is -2.44. The van der Waals surface area contributed by atoms with E-state index in [1.807, 2.05) is 4.90 Å². The Labute approximate surface area is 168 Å². The van der Waals surface area contributed by atoms with Crippen LogP contribution in [0.5, 0.6) is 0 Å². The van der Waals surface area contributed by atoms with Crippen molar-refractivity contribution in [2.45, 2.75) is 32.0 Å². The van der Waals surface area contributed by atoms with Crippen LogP contribution in [0, 0.1) is 5.41 Å². The van der Waals surface area contributed by atoms with E-state index < -0.39 is 12.1 Å². The van der Waals surface area contributed by atoms with Crippen molar-refractivity contribution in [3.8, 4) is 0 Å². The van der Waals surface area contributed by atoms with E-state index in [9.17, 15) is 18.0 Å². The summed E-state index contributed by atoms with van der Waals surface area (Å²) in [5.74, 6) is -2.39. The number of ether oxygens (including phenoxy) is 1. The number of carbonyl (C=O) groups is 2. The van der Waals surface area contributed by atoms with Crippen LogP contribution in [0.2, 0.25) is 0 Å². The molecule has 10 heteroatoms. The quantitative estimate of drug-likeness (QED) is 0.792. The van der Waals surface area contributed by atoms with Gasteiger partial charge >= 0.3 is 12.1 Å². The first kappa shape index (κ1) is 23.2. The zero-order chi connectivity index (χ0) is 21.7. The maximum absolute atomic E-state index is 12.7. The van der Waals surface area contributed by atoms with E-state index in [4.69, 9.17) is 14.6 Å². The summed E-state index contributed by atoms with van der Waals surface area (Å²) < 4.78 is 39.0. The second-order valence-electron chi connectivity index (χ2n) is 7.50. The summed E-state index contributed by atoms with van der Waals surface area (Å²) in [7, 11) is 3.79. The number of hydrogen-bond donors (Lipinski definition) is 1. The maximum Gasteiger partial charge on any atom is 0.490 e. The summed E-state index contributed by atoms with van der Waals surface area (Å²) in [5, 5.41) is 7.12. The van der Waals surface area contributed by atoms with Gasteiger partial charge in [-0.1, -0.05) is 0 Å². The lowest BCUT2D eigenvalue weighted by atomic mass is 9.77. The van der Waals surface area contributed by atoms with Crippen LogP contribution in [0.1, 0.15) is 25.0 Å². The predicted octanol–water partition coefficient (Wildman–Crippen LogP) is 2.12. The Balaban J connectivity index is 0.000000370. The molecule has 1 N–H and O–H groups in total. The number of carbonyl (C=O) groups excluding carboxylic acids is 1. The number of halogens is 3. The average Bonchev–Trinajstić information content (AvgIpc) is 3.19. The monoisotopic (exact) mass is 419 g/mol. The molecule has 2 aliphatic rings. The number of aliphatic carboxylic acids is 1. The Morgan fingerprint density at radius 1 is 1.24 bits per heavy atom. The Bertz CT molecular complexity index is 697. The van der Waals surface area contributed by atoms with Crippen molar-refractivity contribution in [1.29, 1.82) is 0 Å². The van der Waals surface area contributed by atoms with Crippen LogP contribution in [0.3, 0.4) is 0 Å². The van der Waals surface area contributed by atoms with Gasteiger partial charge in [-0.3, -0.25) is 9.69 Å². The molecule has 0 radical (unpaired) electrons.